The highest BCUT2D eigenvalue weighted by molar-refractivity contribution is 7.04. The van der Waals surface area contributed by atoms with Crippen molar-refractivity contribution in [2.24, 2.45) is 0 Å². The number of aryl methyl sites for hydroxylation is 1. The van der Waals surface area contributed by atoms with Gasteiger partial charge >= 0.3 is 0 Å². The Labute approximate surface area is 127 Å². The maximum absolute atomic E-state index is 12.1. The molecule has 0 spiro atoms. The number of hydrogen-bond donors (Lipinski definition) is 1. The van der Waals surface area contributed by atoms with Crippen molar-refractivity contribution < 1.29 is 9.53 Å². The minimum absolute atomic E-state index is 0.111. The lowest BCUT2D eigenvalue weighted by atomic mass is 10.2. The molecule has 1 N–H and O–H groups in total. The number of anilines is 2. The second-order valence-electron chi connectivity index (χ2n) is 4.91. The molecule has 21 heavy (non-hydrogen) atoms. The van der Waals surface area contributed by atoms with Gasteiger partial charge in [-0.2, -0.15) is 4.37 Å². The summed E-state index contributed by atoms with van der Waals surface area (Å²) in [6.07, 6.45) is 0. The van der Waals surface area contributed by atoms with E-state index in [0.717, 1.165) is 43.4 Å². The summed E-state index contributed by atoms with van der Waals surface area (Å²) in [5, 5.41) is 4.67. The highest BCUT2D eigenvalue weighted by Crippen LogP contribution is 2.20. The van der Waals surface area contributed by atoms with Gasteiger partial charge in [0.1, 0.15) is 0 Å². The van der Waals surface area contributed by atoms with Gasteiger partial charge in [0.15, 0.2) is 0 Å². The van der Waals surface area contributed by atoms with Gasteiger partial charge in [-0.25, -0.2) is 0 Å². The lowest BCUT2D eigenvalue weighted by molar-refractivity contribution is 0.102. The molecular formula is C15H17N3O2S. The van der Waals surface area contributed by atoms with Crippen LogP contribution in [0.1, 0.15) is 16.1 Å². The molecule has 2 aromatic rings. The van der Waals surface area contributed by atoms with Gasteiger partial charge in [0.25, 0.3) is 5.91 Å². The van der Waals surface area contributed by atoms with Crippen LogP contribution in [0.3, 0.4) is 0 Å². The third kappa shape index (κ3) is 3.22. The zero-order valence-electron chi connectivity index (χ0n) is 11.8. The normalized spacial score (nSPS) is 15.0. The van der Waals surface area contributed by atoms with Crippen LogP contribution in [0.2, 0.25) is 0 Å². The fourth-order valence-electron chi connectivity index (χ4n) is 2.29. The van der Waals surface area contributed by atoms with Crippen LogP contribution in [0.5, 0.6) is 0 Å². The predicted octanol–water partition coefficient (Wildman–Crippen LogP) is 2.54. The number of aromatic nitrogens is 1. The largest absolute Gasteiger partial charge is 0.378 e. The van der Waals surface area contributed by atoms with Crippen molar-refractivity contribution in [2.75, 3.05) is 36.5 Å². The SMILES string of the molecule is Cc1nscc1C(=O)Nc1ccc(N2CCOCC2)cc1. The molecule has 6 heteroatoms. The van der Waals surface area contributed by atoms with Crippen LogP contribution in [-0.2, 0) is 4.74 Å². The Morgan fingerprint density at radius 2 is 2.00 bits per heavy atom. The van der Waals surface area contributed by atoms with Crippen molar-refractivity contribution in [3.63, 3.8) is 0 Å². The molecule has 1 amide bonds. The van der Waals surface area contributed by atoms with E-state index in [-0.39, 0.29) is 5.91 Å². The average molecular weight is 303 g/mol. The molecular weight excluding hydrogens is 286 g/mol. The summed E-state index contributed by atoms with van der Waals surface area (Å²) < 4.78 is 9.46. The smallest absolute Gasteiger partial charge is 0.258 e. The maximum atomic E-state index is 12.1. The Balaban J connectivity index is 1.67. The molecule has 0 atom stereocenters. The third-order valence-electron chi connectivity index (χ3n) is 3.50. The van der Waals surface area contributed by atoms with E-state index in [4.69, 9.17) is 4.74 Å². The van der Waals surface area contributed by atoms with E-state index in [1.54, 1.807) is 5.38 Å². The van der Waals surface area contributed by atoms with Crippen LogP contribution >= 0.6 is 11.5 Å². The number of ether oxygens (including phenoxy) is 1. The van der Waals surface area contributed by atoms with Gasteiger partial charge < -0.3 is 15.0 Å². The fraction of sp³-hybridized carbons (Fsp3) is 0.333. The van der Waals surface area contributed by atoms with Crippen molar-refractivity contribution in [3.05, 3.63) is 40.9 Å². The molecule has 0 saturated carbocycles. The molecule has 0 unspecified atom stereocenters. The van der Waals surface area contributed by atoms with Crippen molar-refractivity contribution in [3.8, 4) is 0 Å². The minimum Gasteiger partial charge on any atom is -0.378 e. The van der Waals surface area contributed by atoms with Gasteiger partial charge in [0.2, 0.25) is 0 Å². The van der Waals surface area contributed by atoms with Crippen LogP contribution in [0, 0.1) is 6.92 Å². The highest BCUT2D eigenvalue weighted by Gasteiger charge is 2.13. The predicted molar refractivity (Wildman–Crippen MR) is 84.3 cm³/mol. The number of hydrogen-bond acceptors (Lipinski definition) is 5. The first kappa shape index (κ1) is 14.0. The lowest BCUT2D eigenvalue weighted by Gasteiger charge is -2.28. The number of morpholine rings is 1. The van der Waals surface area contributed by atoms with Crippen molar-refractivity contribution in [2.45, 2.75) is 6.92 Å². The van der Waals surface area contributed by atoms with Crippen molar-refractivity contribution >= 4 is 28.8 Å². The number of nitrogens with one attached hydrogen (secondary N) is 1. The summed E-state index contributed by atoms with van der Waals surface area (Å²) in [7, 11) is 0. The van der Waals surface area contributed by atoms with Crippen LogP contribution in [0.15, 0.2) is 29.6 Å². The van der Waals surface area contributed by atoms with Gasteiger partial charge in [0, 0.05) is 29.8 Å². The molecule has 0 aliphatic carbocycles. The van der Waals surface area contributed by atoms with Crippen molar-refractivity contribution in [1.29, 1.82) is 0 Å². The van der Waals surface area contributed by atoms with E-state index in [1.165, 1.54) is 11.5 Å². The fourth-order valence-corrected chi connectivity index (χ4v) is 2.98. The van der Waals surface area contributed by atoms with E-state index in [2.05, 4.69) is 14.6 Å². The number of carbonyl (C=O) groups excluding carboxylic acids is 1. The molecule has 1 aliphatic rings. The molecule has 1 aromatic carbocycles. The molecule has 1 saturated heterocycles. The molecule has 3 rings (SSSR count). The molecule has 0 bridgehead atoms. The zero-order valence-corrected chi connectivity index (χ0v) is 12.7. The van der Waals surface area contributed by atoms with E-state index in [9.17, 15) is 4.79 Å². The molecule has 2 heterocycles. The molecule has 1 fully saturated rings. The quantitative estimate of drug-likeness (QED) is 0.947. The Morgan fingerprint density at radius 3 is 2.62 bits per heavy atom. The van der Waals surface area contributed by atoms with Crippen LogP contribution < -0.4 is 10.2 Å². The van der Waals surface area contributed by atoms with Crippen LogP contribution in [0.25, 0.3) is 0 Å². The van der Waals surface area contributed by atoms with E-state index < -0.39 is 0 Å². The standard InChI is InChI=1S/C15H17N3O2S/c1-11-14(10-21-17-11)15(19)16-12-2-4-13(5-3-12)18-6-8-20-9-7-18/h2-5,10H,6-9H2,1H3,(H,16,19). The van der Waals surface area contributed by atoms with Crippen LogP contribution in [0.4, 0.5) is 11.4 Å². The molecule has 0 radical (unpaired) electrons. The van der Waals surface area contributed by atoms with Crippen LogP contribution in [-0.4, -0.2) is 36.6 Å². The average Bonchev–Trinajstić information content (AvgIpc) is 2.95. The summed E-state index contributed by atoms with van der Waals surface area (Å²) in [5.74, 6) is -0.111. The summed E-state index contributed by atoms with van der Waals surface area (Å²) in [6, 6.07) is 7.91. The Hall–Kier alpha value is -1.92. The number of nitrogens with zero attached hydrogens (tertiary/aromatic N) is 2. The third-order valence-corrected chi connectivity index (χ3v) is 4.22. The Bertz CT molecular complexity index is 618. The first-order valence-electron chi connectivity index (χ1n) is 6.89. The first-order valence-corrected chi connectivity index (χ1v) is 7.73. The Kier molecular flexibility index (Phi) is 4.17. The monoisotopic (exact) mass is 303 g/mol. The second kappa shape index (κ2) is 6.24. The maximum Gasteiger partial charge on any atom is 0.258 e. The van der Waals surface area contributed by atoms with Gasteiger partial charge in [0.05, 0.1) is 24.5 Å². The number of carbonyl (C=O) groups is 1. The molecule has 1 aliphatic heterocycles. The second-order valence-corrected chi connectivity index (χ2v) is 5.54. The highest BCUT2D eigenvalue weighted by atomic mass is 32.1. The summed E-state index contributed by atoms with van der Waals surface area (Å²) in [5.41, 5.74) is 3.35. The zero-order chi connectivity index (χ0) is 14.7. The summed E-state index contributed by atoms with van der Waals surface area (Å²) >= 11 is 1.30. The van der Waals surface area contributed by atoms with Gasteiger partial charge in [-0.05, 0) is 42.7 Å². The van der Waals surface area contributed by atoms with Gasteiger partial charge in [-0.3, -0.25) is 4.79 Å². The Morgan fingerprint density at radius 1 is 1.29 bits per heavy atom. The lowest BCUT2D eigenvalue weighted by Crippen LogP contribution is -2.36. The minimum atomic E-state index is -0.111. The number of benzene rings is 1. The van der Waals surface area contributed by atoms with Crippen molar-refractivity contribution in [1.82, 2.24) is 4.37 Å². The molecule has 1 aromatic heterocycles. The number of rotatable bonds is 3. The van der Waals surface area contributed by atoms with Gasteiger partial charge in [-0.1, -0.05) is 0 Å². The summed E-state index contributed by atoms with van der Waals surface area (Å²) in [6.45, 7) is 5.19. The van der Waals surface area contributed by atoms with E-state index in [1.807, 2.05) is 31.2 Å². The topological polar surface area (TPSA) is 54.5 Å². The first-order chi connectivity index (χ1) is 10.2. The number of amides is 1. The molecule has 5 nitrogen and oxygen atoms in total. The van der Waals surface area contributed by atoms with E-state index in [0.29, 0.717) is 5.56 Å². The van der Waals surface area contributed by atoms with Gasteiger partial charge in [-0.15, -0.1) is 0 Å². The van der Waals surface area contributed by atoms with E-state index >= 15 is 0 Å². The summed E-state index contributed by atoms with van der Waals surface area (Å²) in [4.78, 5) is 14.4. The molecule has 110 valence electrons.